The second kappa shape index (κ2) is 8.18. The van der Waals surface area contributed by atoms with Crippen molar-refractivity contribution in [2.45, 2.75) is 45.3 Å². The molecule has 0 saturated carbocycles. The summed E-state index contributed by atoms with van der Waals surface area (Å²) in [6.07, 6.45) is 3.21. The van der Waals surface area contributed by atoms with Crippen molar-refractivity contribution in [3.63, 3.8) is 0 Å². The van der Waals surface area contributed by atoms with E-state index in [4.69, 9.17) is 9.47 Å². The molecular formula is C20H27NO5. The fourth-order valence-corrected chi connectivity index (χ4v) is 3.66. The number of nitrogens with zero attached hydrogens (tertiary/aromatic N) is 1. The number of aliphatic carboxylic acids is 1. The zero-order valence-corrected chi connectivity index (χ0v) is 15.3. The number of ether oxygens (including phenoxy) is 2. The van der Waals surface area contributed by atoms with Crippen molar-refractivity contribution in [2.75, 3.05) is 26.3 Å². The maximum Gasteiger partial charge on any atom is 0.311 e. The van der Waals surface area contributed by atoms with Gasteiger partial charge in [-0.1, -0.05) is 18.2 Å². The van der Waals surface area contributed by atoms with Crippen molar-refractivity contribution in [3.05, 3.63) is 35.4 Å². The molecule has 0 bridgehead atoms. The molecule has 26 heavy (non-hydrogen) atoms. The number of piperidine rings is 1. The minimum absolute atomic E-state index is 0.108. The fraction of sp³-hybridized carbons (Fsp3) is 0.600. The Hall–Kier alpha value is -1.92. The number of hydrogen-bond acceptors (Lipinski definition) is 4. The summed E-state index contributed by atoms with van der Waals surface area (Å²) in [7, 11) is 0. The third kappa shape index (κ3) is 4.24. The van der Waals surface area contributed by atoms with Crippen LogP contribution >= 0.6 is 0 Å². The zero-order valence-electron chi connectivity index (χ0n) is 15.3. The molecular weight excluding hydrogens is 334 g/mol. The predicted molar refractivity (Wildman–Crippen MR) is 96.0 cm³/mol. The molecule has 0 aliphatic carbocycles. The van der Waals surface area contributed by atoms with Crippen LogP contribution in [0.15, 0.2) is 24.3 Å². The second-order valence-corrected chi connectivity index (χ2v) is 7.48. The molecule has 1 aromatic rings. The molecule has 142 valence electrons. The van der Waals surface area contributed by atoms with Crippen LogP contribution in [0.2, 0.25) is 0 Å². The van der Waals surface area contributed by atoms with E-state index in [2.05, 4.69) is 0 Å². The van der Waals surface area contributed by atoms with Crippen molar-refractivity contribution in [1.29, 1.82) is 0 Å². The van der Waals surface area contributed by atoms with Gasteiger partial charge in [0, 0.05) is 31.9 Å². The number of carboxylic acids is 1. The molecule has 2 aliphatic heterocycles. The summed E-state index contributed by atoms with van der Waals surface area (Å²) >= 11 is 0. The van der Waals surface area contributed by atoms with E-state index in [1.165, 1.54) is 0 Å². The molecule has 1 aromatic carbocycles. The van der Waals surface area contributed by atoms with Gasteiger partial charge in [-0.05, 0) is 44.2 Å². The Morgan fingerprint density at radius 2 is 2.04 bits per heavy atom. The molecule has 1 amide bonds. The number of benzene rings is 1. The first-order chi connectivity index (χ1) is 12.5. The topological polar surface area (TPSA) is 76.1 Å². The fourth-order valence-electron chi connectivity index (χ4n) is 3.66. The van der Waals surface area contributed by atoms with Gasteiger partial charge in [0.1, 0.15) is 0 Å². The molecule has 2 heterocycles. The lowest BCUT2D eigenvalue weighted by molar-refractivity contribution is -0.150. The summed E-state index contributed by atoms with van der Waals surface area (Å²) in [6.45, 7) is 4.37. The van der Waals surface area contributed by atoms with Crippen molar-refractivity contribution in [3.8, 4) is 0 Å². The molecule has 6 nitrogen and oxygen atoms in total. The molecule has 2 saturated heterocycles. The average Bonchev–Trinajstić information content (AvgIpc) is 2.67. The standard InChI is InChI=1S/C20H27NO5/c1-20(19(23)24)9-4-10-21(14-20)18(22)17-6-3-2-5-15(17)13-26-16-7-11-25-12-8-16/h2-3,5-6,16H,4,7-14H2,1H3,(H,23,24). The normalized spacial score (nSPS) is 24.4. The van der Waals surface area contributed by atoms with Gasteiger partial charge in [-0.25, -0.2) is 0 Å². The van der Waals surface area contributed by atoms with Crippen LogP contribution in [0.5, 0.6) is 0 Å². The summed E-state index contributed by atoms with van der Waals surface area (Å²) in [6, 6.07) is 7.45. The molecule has 0 spiro atoms. The van der Waals surface area contributed by atoms with E-state index < -0.39 is 11.4 Å². The predicted octanol–water partition coefficient (Wildman–Crippen LogP) is 2.71. The molecule has 0 radical (unpaired) electrons. The molecule has 0 aromatic heterocycles. The highest BCUT2D eigenvalue weighted by Gasteiger charge is 2.39. The first kappa shape index (κ1) is 18.9. The Bertz CT molecular complexity index is 655. The van der Waals surface area contributed by atoms with Crippen LogP contribution in [-0.4, -0.2) is 54.3 Å². The highest BCUT2D eigenvalue weighted by molar-refractivity contribution is 5.96. The van der Waals surface area contributed by atoms with E-state index in [1.54, 1.807) is 17.9 Å². The summed E-state index contributed by atoms with van der Waals surface area (Å²) in [5.74, 6) is -0.950. The zero-order chi connectivity index (χ0) is 18.6. The monoisotopic (exact) mass is 361 g/mol. The van der Waals surface area contributed by atoms with Crippen LogP contribution < -0.4 is 0 Å². The molecule has 1 atom stereocenters. The highest BCUT2D eigenvalue weighted by atomic mass is 16.5. The largest absolute Gasteiger partial charge is 0.481 e. The molecule has 1 unspecified atom stereocenters. The number of hydrogen-bond donors (Lipinski definition) is 1. The van der Waals surface area contributed by atoms with Crippen molar-refractivity contribution in [1.82, 2.24) is 4.90 Å². The van der Waals surface area contributed by atoms with Gasteiger partial charge < -0.3 is 19.5 Å². The van der Waals surface area contributed by atoms with Gasteiger partial charge in [-0.3, -0.25) is 9.59 Å². The third-order valence-corrected chi connectivity index (χ3v) is 5.39. The van der Waals surface area contributed by atoms with Crippen LogP contribution in [0.3, 0.4) is 0 Å². The van der Waals surface area contributed by atoms with Gasteiger partial charge in [-0.2, -0.15) is 0 Å². The third-order valence-electron chi connectivity index (χ3n) is 5.39. The Labute approximate surface area is 154 Å². The smallest absolute Gasteiger partial charge is 0.311 e. The first-order valence-corrected chi connectivity index (χ1v) is 9.29. The summed E-state index contributed by atoms with van der Waals surface area (Å²) < 4.78 is 11.3. The summed E-state index contributed by atoms with van der Waals surface area (Å²) in [5, 5.41) is 9.48. The summed E-state index contributed by atoms with van der Waals surface area (Å²) in [4.78, 5) is 26.3. The molecule has 2 aliphatic rings. The van der Waals surface area contributed by atoms with E-state index in [0.29, 0.717) is 44.8 Å². The number of rotatable bonds is 5. The first-order valence-electron chi connectivity index (χ1n) is 9.29. The van der Waals surface area contributed by atoms with Crippen LogP contribution in [0.25, 0.3) is 0 Å². The maximum absolute atomic E-state index is 13.0. The van der Waals surface area contributed by atoms with Crippen molar-refractivity contribution in [2.24, 2.45) is 5.41 Å². The van der Waals surface area contributed by atoms with Crippen molar-refractivity contribution >= 4 is 11.9 Å². The van der Waals surface area contributed by atoms with E-state index in [0.717, 1.165) is 18.4 Å². The van der Waals surface area contributed by atoms with Crippen LogP contribution in [-0.2, 0) is 20.9 Å². The van der Waals surface area contributed by atoms with E-state index in [9.17, 15) is 14.7 Å². The van der Waals surface area contributed by atoms with Gasteiger partial charge in [0.2, 0.25) is 0 Å². The van der Waals surface area contributed by atoms with Crippen LogP contribution in [0.4, 0.5) is 0 Å². The Morgan fingerprint density at radius 3 is 2.77 bits per heavy atom. The number of carbonyl (C=O) groups excluding carboxylic acids is 1. The maximum atomic E-state index is 13.0. The Morgan fingerprint density at radius 1 is 1.31 bits per heavy atom. The van der Waals surface area contributed by atoms with Gasteiger partial charge in [0.15, 0.2) is 0 Å². The Balaban J connectivity index is 1.70. The van der Waals surface area contributed by atoms with Gasteiger partial charge in [-0.15, -0.1) is 0 Å². The van der Waals surface area contributed by atoms with Crippen molar-refractivity contribution < 1.29 is 24.2 Å². The van der Waals surface area contributed by atoms with Gasteiger partial charge >= 0.3 is 5.97 Å². The van der Waals surface area contributed by atoms with Gasteiger partial charge in [0.25, 0.3) is 5.91 Å². The number of amides is 1. The highest BCUT2D eigenvalue weighted by Crippen LogP contribution is 2.31. The Kier molecular flexibility index (Phi) is 5.94. The van der Waals surface area contributed by atoms with Crippen LogP contribution in [0.1, 0.15) is 48.5 Å². The summed E-state index contributed by atoms with van der Waals surface area (Å²) in [5.41, 5.74) is 0.586. The molecule has 1 N–H and O–H groups in total. The SMILES string of the molecule is CC1(C(=O)O)CCCN(C(=O)c2ccccc2COC2CCOCC2)C1. The number of carbonyl (C=O) groups is 2. The quantitative estimate of drug-likeness (QED) is 0.873. The van der Waals surface area contributed by atoms with Gasteiger partial charge in [0.05, 0.1) is 18.1 Å². The lowest BCUT2D eigenvalue weighted by Crippen LogP contribution is -2.48. The minimum atomic E-state index is -0.874. The number of likely N-dealkylation sites (tertiary alicyclic amines) is 1. The minimum Gasteiger partial charge on any atom is -0.481 e. The lowest BCUT2D eigenvalue weighted by atomic mass is 9.82. The van der Waals surface area contributed by atoms with E-state index in [1.807, 2.05) is 18.2 Å². The van der Waals surface area contributed by atoms with Crippen LogP contribution in [0, 0.1) is 5.41 Å². The molecule has 6 heteroatoms. The molecule has 3 rings (SSSR count). The average molecular weight is 361 g/mol. The number of carboxylic acid groups (broad SMARTS) is 1. The second-order valence-electron chi connectivity index (χ2n) is 7.48. The van der Waals surface area contributed by atoms with E-state index >= 15 is 0 Å². The molecule has 2 fully saturated rings. The lowest BCUT2D eigenvalue weighted by Gasteiger charge is -2.37. The van der Waals surface area contributed by atoms with E-state index in [-0.39, 0.29) is 18.6 Å².